The van der Waals surface area contributed by atoms with Gasteiger partial charge < -0.3 is 18.1 Å². The predicted molar refractivity (Wildman–Crippen MR) is 199 cm³/mol. The Morgan fingerprint density at radius 3 is 1.00 bits per heavy atom. The molecule has 0 radical (unpaired) electrons. The van der Waals surface area contributed by atoms with E-state index in [-0.39, 0.29) is 39.7 Å². The Morgan fingerprint density at radius 1 is 0.391 bits per heavy atom. The molecule has 4 nitrogen and oxygen atoms in total. The molecule has 2 unspecified atom stereocenters. The second-order valence-corrected chi connectivity index (χ2v) is 17.2. The van der Waals surface area contributed by atoms with Crippen LogP contribution in [-0.4, -0.2) is 0 Å². The first-order valence-corrected chi connectivity index (χ1v) is 17.6. The minimum Gasteiger partial charge on any atom is -0.441 e. The molecule has 4 aromatic rings. The summed E-state index contributed by atoms with van der Waals surface area (Å²) in [4.78, 5) is 0. The average Bonchev–Trinajstić information content (AvgIpc) is 2.96. The molecule has 46 heavy (non-hydrogen) atoms. The number of para-hydroxylation sites is 2. The van der Waals surface area contributed by atoms with Crippen molar-refractivity contribution in [3.05, 3.63) is 107 Å². The Bertz CT molecular complexity index is 1480. The molecule has 0 heterocycles. The largest absolute Gasteiger partial charge is 0.441 e. The van der Waals surface area contributed by atoms with E-state index in [1.165, 1.54) is 11.1 Å². The van der Waals surface area contributed by atoms with E-state index in [2.05, 4.69) is 107 Å². The van der Waals surface area contributed by atoms with Gasteiger partial charge in [0.15, 0.2) is 0 Å². The van der Waals surface area contributed by atoms with Crippen molar-refractivity contribution in [2.24, 2.45) is 0 Å². The smallest absolute Gasteiger partial charge is 0.275 e. The molecule has 246 valence electrons. The van der Waals surface area contributed by atoms with Crippen molar-refractivity contribution >= 4 is 18.1 Å². The monoisotopic (exact) mass is 658 g/mol. The van der Waals surface area contributed by atoms with Crippen LogP contribution in [0.2, 0.25) is 0 Å². The highest BCUT2D eigenvalue weighted by Crippen LogP contribution is 2.51. The van der Waals surface area contributed by atoms with Gasteiger partial charge in [-0.25, -0.2) is 0 Å². The van der Waals surface area contributed by atoms with Crippen LogP contribution in [0.4, 0.5) is 0 Å². The van der Waals surface area contributed by atoms with Crippen LogP contribution < -0.4 is 18.1 Å². The number of rotatable bonds is 9. The van der Waals surface area contributed by atoms with Crippen molar-refractivity contribution in [2.45, 2.75) is 105 Å². The van der Waals surface area contributed by atoms with Crippen LogP contribution in [0, 0.1) is 0 Å². The van der Waals surface area contributed by atoms with Gasteiger partial charge in [-0.05, 0) is 69.2 Å². The Morgan fingerprint density at radius 2 is 0.717 bits per heavy atom. The van der Waals surface area contributed by atoms with Crippen molar-refractivity contribution in [2.75, 3.05) is 0 Å². The van der Waals surface area contributed by atoms with Gasteiger partial charge in [0.05, 0.1) is 0 Å². The van der Waals surface area contributed by atoms with E-state index >= 15 is 0 Å². The Kier molecular flexibility index (Phi) is 10.9. The Balaban J connectivity index is 1.99. The quantitative estimate of drug-likeness (QED) is 0.168. The van der Waals surface area contributed by atoms with Gasteiger partial charge in [-0.15, -0.1) is 0 Å². The third kappa shape index (κ3) is 9.05. The van der Waals surface area contributed by atoms with Gasteiger partial charge in [-0.2, -0.15) is 0 Å². The molecule has 0 fully saturated rings. The maximum Gasteiger partial charge on any atom is 0.275 e. The van der Waals surface area contributed by atoms with E-state index < -0.39 is 0 Å². The first-order chi connectivity index (χ1) is 21.4. The van der Waals surface area contributed by atoms with Gasteiger partial charge >= 0.3 is 0 Å². The lowest BCUT2D eigenvalue weighted by Crippen LogP contribution is -2.19. The van der Waals surface area contributed by atoms with Crippen LogP contribution in [0.5, 0.6) is 23.0 Å². The topological polar surface area (TPSA) is 36.9 Å². The van der Waals surface area contributed by atoms with E-state index in [4.69, 9.17) is 18.1 Å². The SMILES string of the molecule is CC(C)(C)c1cc(-c2cc(C(C)(C)C)cc(C(C)(C)C)c2OPOc2ccccc2)c(OPOc2ccccc2)c(C(C)(C)C)c1. The maximum absolute atomic E-state index is 6.72. The molecule has 4 aromatic carbocycles. The zero-order valence-electron chi connectivity index (χ0n) is 29.7. The average molecular weight is 659 g/mol. The molecule has 6 heteroatoms. The third-order valence-electron chi connectivity index (χ3n) is 7.91. The summed E-state index contributed by atoms with van der Waals surface area (Å²) < 4.78 is 25.7. The maximum atomic E-state index is 6.72. The van der Waals surface area contributed by atoms with Gasteiger partial charge in [0.1, 0.15) is 23.0 Å². The lowest BCUT2D eigenvalue weighted by Gasteiger charge is -2.32. The van der Waals surface area contributed by atoms with Crippen LogP contribution in [0.1, 0.15) is 105 Å². The molecule has 2 atom stereocenters. The molecule has 0 spiro atoms. The van der Waals surface area contributed by atoms with E-state index in [0.29, 0.717) is 0 Å². The number of hydrogen-bond donors (Lipinski definition) is 0. The first kappa shape index (κ1) is 35.8. The highest BCUT2D eigenvalue weighted by Gasteiger charge is 2.32. The standard InChI is InChI=1S/C40H52O4P2/c1-37(2,3)27-23-31(35(33(25-27)39(7,8)9)43-45-41-29-19-15-13-16-20-29)32-24-28(38(4,5)6)26-34(40(10,11)12)36(32)44-46-42-30-21-17-14-18-22-30/h13-26,45-46H,1-12H3. The summed E-state index contributed by atoms with van der Waals surface area (Å²) in [6.07, 6.45) is 0. The highest BCUT2D eigenvalue weighted by molar-refractivity contribution is 7.27. The van der Waals surface area contributed by atoms with Crippen LogP contribution in [0.15, 0.2) is 84.9 Å². The molecule has 0 amide bonds. The second kappa shape index (κ2) is 14.0. The molecule has 0 aromatic heterocycles. The van der Waals surface area contributed by atoms with E-state index in [1.54, 1.807) is 0 Å². The zero-order chi connectivity index (χ0) is 33.9. The summed E-state index contributed by atoms with van der Waals surface area (Å²) in [6, 6.07) is 28.9. The molecule has 4 rings (SSSR count). The summed E-state index contributed by atoms with van der Waals surface area (Å²) in [7, 11) is -0.450. The molecule has 0 aliphatic heterocycles. The zero-order valence-corrected chi connectivity index (χ0v) is 31.7. The third-order valence-corrected chi connectivity index (χ3v) is 9.12. The van der Waals surface area contributed by atoms with E-state index in [1.807, 2.05) is 60.7 Å². The molecular formula is C40H52O4P2. The Hall–Kier alpha value is -3.06. The van der Waals surface area contributed by atoms with Gasteiger partial charge in [-0.1, -0.05) is 132 Å². The molecule has 0 saturated heterocycles. The number of hydrogen-bond acceptors (Lipinski definition) is 4. The van der Waals surface area contributed by atoms with E-state index in [0.717, 1.165) is 45.3 Å². The van der Waals surface area contributed by atoms with Gasteiger partial charge in [0.25, 0.3) is 18.1 Å². The summed E-state index contributed by atoms with van der Waals surface area (Å²) in [6.45, 7) is 27.0. The minimum absolute atomic E-state index is 0.0935. The lowest BCUT2D eigenvalue weighted by atomic mass is 9.75. The highest BCUT2D eigenvalue weighted by atomic mass is 31.1. The second-order valence-electron chi connectivity index (χ2n) is 16.0. The predicted octanol–water partition coefficient (Wildman–Crippen LogP) is 12.5. The first-order valence-electron chi connectivity index (χ1n) is 16.0. The van der Waals surface area contributed by atoms with Gasteiger partial charge in [-0.3, -0.25) is 0 Å². The molecule has 0 bridgehead atoms. The normalized spacial score (nSPS) is 13.0. The van der Waals surface area contributed by atoms with Crippen molar-refractivity contribution in [1.82, 2.24) is 0 Å². The fourth-order valence-electron chi connectivity index (χ4n) is 5.06. The van der Waals surface area contributed by atoms with Crippen LogP contribution in [0.25, 0.3) is 11.1 Å². The van der Waals surface area contributed by atoms with E-state index in [9.17, 15) is 0 Å². The van der Waals surface area contributed by atoms with Crippen molar-refractivity contribution in [1.29, 1.82) is 0 Å². The molecule has 0 aliphatic carbocycles. The van der Waals surface area contributed by atoms with Crippen LogP contribution >= 0.6 is 18.1 Å². The van der Waals surface area contributed by atoms with Crippen molar-refractivity contribution in [3.8, 4) is 34.1 Å². The molecule has 0 saturated carbocycles. The Labute approximate surface area is 281 Å². The van der Waals surface area contributed by atoms with Gasteiger partial charge in [0, 0.05) is 22.3 Å². The lowest BCUT2D eigenvalue weighted by molar-refractivity contribution is 0.485. The van der Waals surface area contributed by atoms with Crippen LogP contribution in [0.3, 0.4) is 0 Å². The number of benzene rings is 4. The van der Waals surface area contributed by atoms with Crippen LogP contribution in [-0.2, 0) is 21.7 Å². The summed E-state index contributed by atoms with van der Waals surface area (Å²) >= 11 is 0. The van der Waals surface area contributed by atoms with Gasteiger partial charge in [0.2, 0.25) is 0 Å². The summed E-state index contributed by atoms with van der Waals surface area (Å²) in [5, 5.41) is 0. The fraction of sp³-hybridized carbons (Fsp3) is 0.400. The molecule has 0 N–H and O–H groups in total. The fourth-order valence-corrected chi connectivity index (χ4v) is 6.21. The summed E-state index contributed by atoms with van der Waals surface area (Å²) in [5.74, 6) is 3.19. The van der Waals surface area contributed by atoms with Crippen molar-refractivity contribution in [3.63, 3.8) is 0 Å². The minimum atomic E-state index is -0.225. The summed E-state index contributed by atoms with van der Waals surface area (Å²) in [5.41, 5.74) is 6.15. The van der Waals surface area contributed by atoms with Crippen molar-refractivity contribution < 1.29 is 18.1 Å². The molecular weight excluding hydrogens is 606 g/mol. The molecule has 0 aliphatic rings.